The number of benzene rings is 3. The van der Waals surface area contributed by atoms with Crippen LogP contribution in [0.3, 0.4) is 0 Å². The van der Waals surface area contributed by atoms with Gasteiger partial charge in [0.2, 0.25) is 0 Å². The number of rotatable bonds is 6. The summed E-state index contributed by atoms with van der Waals surface area (Å²) in [6.45, 7) is 3.75. The van der Waals surface area contributed by atoms with E-state index in [1.54, 1.807) is 12.1 Å². The highest BCUT2D eigenvalue weighted by molar-refractivity contribution is 7.99. The van der Waals surface area contributed by atoms with E-state index in [0.717, 1.165) is 43.9 Å². The number of aromatic nitrogens is 1. The van der Waals surface area contributed by atoms with Crippen LogP contribution in [0, 0.1) is 29.8 Å². The Morgan fingerprint density at radius 2 is 1.45 bits per heavy atom. The third-order valence-corrected chi connectivity index (χ3v) is 7.35. The van der Waals surface area contributed by atoms with Crippen molar-refractivity contribution in [2.24, 2.45) is 0 Å². The van der Waals surface area contributed by atoms with Crippen LogP contribution in [-0.2, 0) is 9.59 Å². The number of nitrogens with one attached hydrogen (secondary N) is 1. The van der Waals surface area contributed by atoms with Gasteiger partial charge in [-0.05, 0) is 92.2 Å². The highest BCUT2D eigenvalue weighted by Gasteiger charge is 2.37. The zero-order chi connectivity index (χ0) is 28.6. The summed E-state index contributed by atoms with van der Waals surface area (Å²) in [6.07, 6.45) is 1.44. The van der Waals surface area contributed by atoms with Gasteiger partial charge in [0.25, 0.3) is 17.5 Å². The fourth-order valence-corrected chi connectivity index (χ4v) is 5.22. The minimum absolute atomic E-state index is 0.0335. The van der Waals surface area contributed by atoms with Gasteiger partial charge in [0.05, 0.1) is 10.6 Å². The average Bonchev–Trinajstić information content (AvgIpc) is 3.20. The summed E-state index contributed by atoms with van der Waals surface area (Å²) in [5, 5.41) is 13.0. The lowest BCUT2D eigenvalue weighted by atomic mass is 10.1. The number of nitrogens with zero attached hydrogens (tertiary/aromatic N) is 3. The molecule has 9 nitrogen and oxygen atoms in total. The molecule has 2 heterocycles. The topological polar surface area (TPSA) is 115 Å². The van der Waals surface area contributed by atoms with E-state index < -0.39 is 28.6 Å². The maximum Gasteiger partial charge on any atom is 0.335 e. The predicted octanol–water partition coefficient (Wildman–Crippen LogP) is 5.96. The minimum atomic E-state index is -0.907. The fourth-order valence-electron chi connectivity index (χ4n) is 4.40. The molecule has 0 atom stereocenters. The molecule has 11 heteroatoms. The van der Waals surface area contributed by atoms with Crippen LogP contribution in [0.1, 0.15) is 17.0 Å². The number of nitro groups is 1. The van der Waals surface area contributed by atoms with E-state index in [1.165, 1.54) is 42.1 Å². The van der Waals surface area contributed by atoms with Crippen molar-refractivity contribution < 1.29 is 23.7 Å². The lowest BCUT2D eigenvalue weighted by Crippen LogP contribution is -2.54. The first-order valence-corrected chi connectivity index (χ1v) is 12.8. The fraction of sp³-hybridized carbons (Fsp3) is 0.0690. The Labute approximate surface area is 232 Å². The number of barbiturate groups is 1. The summed E-state index contributed by atoms with van der Waals surface area (Å²) in [5.41, 5.74) is 3.05. The van der Waals surface area contributed by atoms with Crippen molar-refractivity contribution in [3.8, 4) is 5.69 Å². The highest BCUT2D eigenvalue weighted by Crippen LogP contribution is 2.31. The number of hydrogen-bond acceptors (Lipinski definition) is 6. The Bertz CT molecular complexity index is 1690. The van der Waals surface area contributed by atoms with Crippen molar-refractivity contribution in [1.29, 1.82) is 0 Å². The number of non-ortho nitro benzene ring substituents is 1. The first kappa shape index (κ1) is 26.6. The quantitative estimate of drug-likeness (QED) is 0.136. The van der Waals surface area contributed by atoms with E-state index in [1.807, 2.05) is 48.7 Å². The molecule has 0 radical (unpaired) electrons. The Balaban J connectivity index is 1.41. The molecule has 1 N–H and O–H groups in total. The third kappa shape index (κ3) is 5.14. The van der Waals surface area contributed by atoms with E-state index >= 15 is 0 Å². The number of hydrogen-bond donors (Lipinski definition) is 1. The molecule has 3 aromatic carbocycles. The Morgan fingerprint density at radius 1 is 0.875 bits per heavy atom. The van der Waals surface area contributed by atoms with Crippen molar-refractivity contribution in [2.75, 3.05) is 4.90 Å². The largest absolute Gasteiger partial charge is 0.335 e. The van der Waals surface area contributed by atoms with Crippen LogP contribution >= 0.6 is 11.8 Å². The zero-order valence-electron chi connectivity index (χ0n) is 21.3. The predicted molar refractivity (Wildman–Crippen MR) is 148 cm³/mol. The Hall–Kier alpha value is -5.03. The third-order valence-electron chi connectivity index (χ3n) is 6.33. The van der Waals surface area contributed by atoms with Gasteiger partial charge in [0, 0.05) is 39.0 Å². The number of urea groups is 1. The van der Waals surface area contributed by atoms with Crippen molar-refractivity contribution in [2.45, 2.75) is 23.6 Å². The van der Waals surface area contributed by atoms with E-state index in [4.69, 9.17) is 0 Å². The molecule has 1 aliphatic heterocycles. The van der Waals surface area contributed by atoms with Crippen LogP contribution in [0.15, 0.2) is 94.2 Å². The molecule has 40 heavy (non-hydrogen) atoms. The number of halogens is 1. The number of imide groups is 2. The normalized spacial score (nSPS) is 14.5. The van der Waals surface area contributed by atoms with Crippen LogP contribution in [0.2, 0.25) is 0 Å². The molecule has 1 fully saturated rings. The van der Waals surface area contributed by atoms with Crippen LogP contribution in [0.25, 0.3) is 11.8 Å². The number of carbonyl (C=O) groups is 3. The maximum atomic E-state index is 13.4. The first-order chi connectivity index (χ1) is 19.1. The molecule has 0 bridgehead atoms. The summed E-state index contributed by atoms with van der Waals surface area (Å²) >= 11 is 1.47. The molecule has 1 aliphatic rings. The lowest BCUT2D eigenvalue weighted by molar-refractivity contribution is -0.384. The number of amides is 4. The van der Waals surface area contributed by atoms with Gasteiger partial charge in [-0.1, -0.05) is 11.8 Å². The number of aryl methyl sites for hydroxylation is 1. The number of anilines is 1. The summed E-state index contributed by atoms with van der Waals surface area (Å²) in [6, 6.07) is 19.8. The number of nitro benzene ring substituents is 1. The molecule has 0 aliphatic carbocycles. The lowest BCUT2D eigenvalue weighted by Gasteiger charge is -2.26. The molecule has 4 amide bonds. The van der Waals surface area contributed by atoms with Crippen molar-refractivity contribution >= 4 is 47.1 Å². The maximum absolute atomic E-state index is 13.4. The summed E-state index contributed by atoms with van der Waals surface area (Å²) in [7, 11) is 0. The molecular formula is C29H21FN4O5S. The smallest absolute Gasteiger partial charge is 0.318 e. The first-order valence-electron chi connectivity index (χ1n) is 12.0. The van der Waals surface area contributed by atoms with Crippen molar-refractivity contribution in [1.82, 2.24) is 9.88 Å². The van der Waals surface area contributed by atoms with Gasteiger partial charge in [-0.15, -0.1) is 0 Å². The molecule has 200 valence electrons. The van der Waals surface area contributed by atoms with Gasteiger partial charge >= 0.3 is 6.03 Å². The Morgan fingerprint density at radius 3 is 2.05 bits per heavy atom. The van der Waals surface area contributed by atoms with Gasteiger partial charge in [-0.25, -0.2) is 14.1 Å². The van der Waals surface area contributed by atoms with Crippen LogP contribution in [-0.4, -0.2) is 27.3 Å². The molecule has 0 saturated carbocycles. The minimum Gasteiger partial charge on any atom is -0.318 e. The van der Waals surface area contributed by atoms with Crippen LogP contribution < -0.4 is 10.2 Å². The molecule has 4 aromatic rings. The van der Waals surface area contributed by atoms with Gasteiger partial charge in [-0.2, -0.15) is 0 Å². The highest BCUT2D eigenvalue weighted by atomic mass is 32.2. The van der Waals surface area contributed by atoms with Gasteiger partial charge in [0.15, 0.2) is 0 Å². The van der Waals surface area contributed by atoms with Crippen LogP contribution in [0.5, 0.6) is 0 Å². The van der Waals surface area contributed by atoms with Gasteiger partial charge < -0.3 is 4.57 Å². The molecule has 0 spiro atoms. The van der Waals surface area contributed by atoms with E-state index in [0.29, 0.717) is 5.56 Å². The van der Waals surface area contributed by atoms with E-state index in [9.17, 15) is 28.9 Å². The van der Waals surface area contributed by atoms with E-state index in [-0.39, 0.29) is 16.9 Å². The summed E-state index contributed by atoms with van der Waals surface area (Å²) in [5.74, 6) is -2.14. The number of carbonyl (C=O) groups excluding carboxylic acids is 3. The standard InChI is InChI=1S/C29H21FN4O5S/c1-17-15-19(16-26-27(35)31-29(37)33(28(26)36)22-5-3-20(30)4-6-22)18(2)32(17)21-7-11-24(12-8-21)40-25-13-9-23(10-14-25)34(38)39/h3-16H,1-2H3,(H,31,35,37)/b26-16-. The second-order valence-electron chi connectivity index (χ2n) is 8.94. The van der Waals surface area contributed by atoms with Gasteiger partial charge in [0.1, 0.15) is 11.4 Å². The Kier molecular flexibility index (Phi) is 7.05. The molecule has 5 rings (SSSR count). The molecule has 1 saturated heterocycles. The summed E-state index contributed by atoms with van der Waals surface area (Å²) < 4.78 is 15.3. The molecular weight excluding hydrogens is 535 g/mol. The van der Waals surface area contributed by atoms with E-state index in [2.05, 4.69) is 5.32 Å². The van der Waals surface area contributed by atoms with Crippen LogP contribution in [0.4, 0.5) is 20.6 Å². The molecule has 0 unspecified atom stereocenters. The zero-order valence-corrected chi connectivity index (χ0v) is 22.1. The summed E-state index contributed by atoms with van der Waals surface area (Å²) in [4.78, 5) is 51.3. The van der Waals surface area contributed by atoms with Crippen molar-refractivity contribution in [3.05, 3.63) is 117 Å². The molecule has 1 aromatic heterocycles. The SMILES string of the molecule is Cc1cc(/C=C2/C(=O)NC(=O)N(c3ccc(F)cc3)C2=O)c(C)n1-c1ccc(Sc2ccc([N+](=O)[O-])cc2)cc1. The second kappa shape index (κ2) is 10.6. The second-order valence-corrected chi connectivity index (χ2v) is 10.1. The monoisotopic (exact) mass is 556 g/mol. The average molecular weight is 557 g/mol. The van der Waals surface area contributed by atoms with Gasteiger partial charge in [-0.3, -0.25) is 25.0 Å². The van der Waals surface area contributed by atoms with Crippen molar-refractivity contribution in [3.63, 3.8) is 0 Å².